The van der Waals surface area contributed by atoms with Gasteiger partial charge in [-0.3, -0.25) is 4.21 Å². The van der Waals surface area contributed by atoms with Crippen LogP contribution >= 0.6 is 0 Å². The predicted octanol–water partition coefficient (Wildman–Crippen LogP) is 3.60. The zero-order chi connectivity index (χ0) is 21.2. The third-order valence-electron chi connectivity index (χ3n) is 5.71. The molecule has 2 aromatic carbocycles. The third kappa shape index (κ3) is 3.98. The summed E-state index contributed by atoms with van der Waals surface area (Å²) in [6.45, 7) is 6.06. The van der Waals surface area contributed by atoms with Crippen LogP contribution in [0.2, 0.25) is 0 Å². The summed E-state index contributed by atoms with van der Waals surface area (Å²) in [7, 11) is -0.983. The summed E-state index contributed by atoms with van der Waals surface area (Å²) in [5, 5.41) is 7.92. The number of piperazine rings is 1. The van der Waals surface area contributed by atoms with Crippen LogP contribution in [0.5, 0.6) is 0 Å². The molecule has 1 N–H and O–H groups in total. The fourth-order valence-corrected chi connectivity index (χ4v) is 4.81. The molecule has 1 aliphatic heterocycles. The van der Waals surface area contributed by atoms with Crippen LogP contribution in [0, 0.1) is 0 Å². The number of fused-ring (bicyclic) bond motifs is 1. The van der Waals surface area contributed by atoms with Crippen molar-refractivity contribution in [1.29, 1.82) is 0 Å². The summed E-state index contributed by atoms with van der Waals surface area (Å²) in [6.07, 6.45) is 5.74. The zero-order valence-corrected chi connectivity index (χ0v) is 18.3. The molecule has 7 heteroatoms. The van der Waals surface area contributed by atoms with Gasteiger partial charge in [0.1, 0.15) is 0 Å². The van der Waals surface area contributed by atoms with Crippen LogP contribution in [-0.2, 0) is 10.8 Å². The standard InChI is InChI=1S/C24H25N5OS/c1-2-31(30)22-5-3-4-19(14-22)23-16-27-29-17-20(15-26-24(23)29)18-6-8-21(9-7-18)28-12-10-25-11-13-28/h3-9,14-17,25H,2,10-13H2,1H3. The minimum Gasteiger partial charge on any atom is -0.369 e. The molecule has 158 valence electrons. The van der Waals surface area contributed by atoms with Crippen LogP contribution in [0.15, 0.2) is 72.0 Å². The number of rotatable bonds is 5. The van der Waals surface area contributed by atoms with Crippen molar-refractivity contribution >= 4 is 22.1 Å². The Morgan fingerprint density at radius 1 is 1.00 bits per heavy atom. The second kappa shape index (κ2) is 8.61. The second-order valence-electron chi connectivity index (χ2n) is 7.62. The number of benzene rings is 2. The largest absolute Gasteiger partial charge is 0.369 e. The minimum atomic E-state index is -0.983. The highest BCUT2D eigenvalue weighted by Crippen LogP contribution is 2.28. The van der Waals surface area contributed by atoms with Crippen molar-refractivity contribution in [3.8, 4) is 22.3 Å². The SMILES string of the molecule is CCS(=O)c1cccc(-c2cnn3cc(-c4ccc(N5CCNCC5)cc4)cnc23)c1. The Morgan fingerprint density at radius 3 is 2.58 bits per heavy atom. The van der Waals surface area contributed by atoms with Gasteiger partial charge < -0.3 is 10.2 Å². The molecule has 3 heterocycles. The minimum absolute atomic E-state index is 0.604. The number of nitrogens with one attached hydrogen (secondary N) is 1. The summed E-state index contributed by atoms with van der Waals surface area (Å²) >= 11 is 0. The Kier molecular flexibility index (Phi) is 5.53. The lowest BCUT2D eigenvalue weighted by molar-refractivity contribution is 0.589. The predicted molar refractivity (Wildman–Crippen MR) is 126 cm³/mol. The van der Waals surface area contributed by atoms with E-state index in [-0.39, 0.29) is 0 Å². The van der Waals surface area contributed by atoms with E-state index in [1.54, 1.807) is 0 Å². The molecular weight excluding hydrogens is 406 g/mol. The van der Waals surface area contributed by atoms with Gasteiger partial charge in [-0.15, -0.1) is 0 Å². The maximum atomic E-state index is 12.2. The molecule has 0 amide bonds. The number of anilines is 1. The highest BCUT2D eigenvalue weighted by molar-refractivity contribution is 7.85. The molecule has 0 saturated carbocycles. The first-order valence-electron chi connectivity index (χ1n) is 10.6. The molecule has 0 spiro atoms. The number of hydrogen-bond acceptors (Lipinski definition) is 5. The maximum absolute atomic E-state index is 12.2. The van der Waals surface area contributed by atoms with Crippen LogP contribution in [-0.4, -0.2) is 50.7 Å². The summed E-state index contributed by atoms with van der Waals surface area (Å²) in [5.41, 5.74) is 6.11. The van der Waals surface area contributed by atoms with E-state index in [0.29, 0.717) is 5.75 Å². The van der Waals surface area contributed by atoms with Crippen LogP contribution in [0.1, 0.15) is 6.92 Å². The van der Waals surface area contributed by atoms with Crippen LogP contribution in [0.25, 0.3) is 27.9 Å². The first kappa shape index (κ1) is 19.9. The molecule has 5 rings (SSSR count). The average molecular weight is 432 g/mol. The topological polar surface area (TPSA) is 62.5 Å². The summed E-state index contributed by atoms with van der Waals surface area (Å²) in [5.74, 6) is 0.604. The third-order valence-corrected chi connectivity index (χ3v) is 7.01. The van der Waals surface area contributed by atoms with Crippen molar-refractivity contribution in [1.82, 2.24) is 19.9 Å². The molecule has 1 fully saturated rings. The van der Waals surface area contributed by atoms with Gasteiger partial charge in [0, 0.05) is 66.0 Å². The highest BCUT2D eigenvalue weighted by Gasteiger charge is 2.13. The number of nitrogens with zero attached hydrogens (tertiary/aromatic N) is 4. The lowest BCUT2D eigenvalue weighted by atomic mass is 10.1. The summed E-state index contributed by atoms with van der Waals surface area (Å²) < 4.78 is 14.0. The van der Waals surface area contributed by atoms with Gasteiger partial charge >= 0.3 is 0 Å². The monoisotopic (exact) mass is 431 g/mol. The molecule has 2 aromatic heterocycles. The van der Waals surface area contributed by atoms with Crippen molar-refractivity contribution in [2.75, 3.05) is 36.8 Å². The summed E-state index contributed by atoms with van der Waals surface area (Å²) in [6, 6.07) is 16.5. The van der Waals surface area contributed by atoms with E-state index >= 15 is 0 Å². The Hall–Kier alpha value is -3.03. The first-order valence-corrected chi connectivity index (χ1v) is 11.9. The van der Waals surface area contributed by atoms with E-state index in [1.807, 2.05) is 54.3 Å². The molecule has 1 saturated heterocycles. The zero-order valence-electron chi connectivity index (χ0n) is 17.5. The number of hydrogen-bond donors (Lipinski definition) is 1. The fraction of sp³-hybridized carbons (Fsp3) is 0.250. The van der Waals surface area contributed by atoms with Crippen LogP contribution < -0.4 is 10.2 Å². The van der Waals surface area contributed by atoms with Crippen molar-refractivity contribution in [2.45, 2.75) is 11.8 Å². The van der Waals surface area contributed by atoms with E-state index in [9.17, 15) is 4.21 Å². The Balaban J connectivity index is 1.44. The molecule has 0 aliphatic carbocycles. The van der Waals surface area contributed by atoms with Crippen LogP contribution in [0.4, 0.5) is 5.69 Å². The van der Waals surface area contributed by atoms with Gasteiger partial charge in [-0.25, -0.2) is 9.50 Å². The molecule has 6 nitrogen and oxygen atoms in total. The van der Waals surface area contributed by atoms with E-state index in [0.717, 1.165) is 59.0 Å². The van der Waals surface area contributed by atoms with Gasteiger partial charge in [0.15, 0.2) is 5.65 Å². The lowest BCUT2D eigenvalue weighted by Gasteiger charge is -2.29. The molecule has 1 unspecified atom stereocenters. The molecule has 4 aromatic rings. The second-order valence-corrected chi connectivity index (χ2v) is 9.35. The van der Waals surface area contributed by atoms with Gasteiger partial charge in [0.2, 0.25) is 0 Å². The van der Waals surface area contributed by atoms with Crippen molar-refractivity contribution in [3.63, 3.8) is 0 Å². The smallest absolute Gasteiger partial charge is 0.162 e. The van der Waals surface area contributed by atoms with Gasteiger partial charge in [0.05, 0.1) is 17.0 Å². The Morgan fingerprint density at radius 2 is 1.81 bits per heavy atom. The van der Waals surface area contributed by atoms with E-state index in [2.05, 4.69) is 39.6 Å². The highest BCUT2D eigenvalue weighted by atomic mass is 32.2. The van der Waals surface area contributed by atoms with E-state index < -0.39 is 10.8 Å². The maximum Gasteiger partial charge on any atom is 0.162 e. The van der Waals surface area contributed by atoms with Gasteiger partial charge in [-0.05, 0) is 35.4 Å². The van der Waals surface area contributed by atoms with Crippen LogP contribution in [0.3, 0.4) is 0 Å². The van der Waals surface area contributed by atoms with Crippen molar-refractivity contribution in [3.05, 3.63) is 67.1 Å². The van der Waals surface area contributed by atoms with Gasteiger partial charge in [-0.2, -0.15) is 5.10 Å². The van der Waals surface area contributed by atoms with Crippen molar-refractivity contribution in [2.24, 2.45) is 0 Å². The van der Waals surface area contributed by atoms with Gasteiger partial charge in [-0.1, -0.05) is 31.2 Å². The molecule has 31 heavy (non-hydrogen) atoms. The number of aromatic nitrogens is 3. The molecule has 0 radical (unpaired) electrons. The molecule has 0 bridgehead atoms. The molecule has 1 aliphatic rings. The summed E-state index contributed by atoms with van der Waals surface area (Å²) in [4.78, 5) is 7.94. The fourth-order valence-electron chi connectivity index (χ4n) is 3.99. The quantitative estimate of drug-likeness (QED) is 0.523. The normalized spacial score (nSPS) is 15.3. The average Bonchev–Trinajstić information content (AvgIpc) is 3.27. The Labute approximate surface area is 184 Å². The Bertz CT molecular complexity index is 1230. The molecule has 1 atom stereocenters. The molecular formula is C24H25N5OS. The first-order chi connectivity index (χ1) is 15.2. The van der Waals surface area contributed by atoms with Crippen molar-refractivity contribution < 1.29 is 4.21 Å². The van der Waals surface area contributed by atoms with Gasteiger partial charge in [0.25, 0.3) is 0 Å². The lowest BCUT2D eigenvalue weighted by Crippen LogP contribution is -2.43. The van der Waals surface area contributed by atoms with E-state index in [4.69, 9.17) is 4.98 Å². The van der Waals surface area contributed by atoms with E-state index in [1.165, 1.54) is 5.69 Å².